The molecular formula is C67H96N14O22. The fourth-order valence-electron chi connectivity index (χ4n) is 11.0. The van der Waals surface area contributed by atoms with E-state index in [1.165, 1.54) is 0 Å². The monoisotopic (exact) mass is 1450 g/mol. The molecule has 1 fully saturated rings. The van der Waals surface area contributed by atoms with Crippen LogP contribution in [-0.4, -0.2) is 235 Å². The van der Waals surface area contributed by atoms with Gasteiger partial charge in [-0.3, -0.25) is 71.9 Å². The van der Waals surface area contributed by atoms with E-state index in [2.05, 4.69) is 58.2 Å². The zero-order valence-corrected chi connectivity index (χ0v) is 58.1. The number of hydrogen-bond donors (Lipinski definition) is 19. The van der Waals surface area contributed by atoms with Crippen molar-refractivity contribution in [2.45, 2.75) is 185 Å². The summed E-state index contributed by atoms with van der Waals surface area (Å²) >= 11 is 0. The largest absolute Gasteiger partial charge is 0.481 e. The van der Waals surface area contributed by atoms with Gasteiger partial charge in [0.05, 0.1) is 32.3 Å². The number of carbonyl (C=O) groups is 16. The number of likely N-dealkylation sites (tertiary alicyclic amines) is 1. The topological polar surface area (TPSA) is 572 Å². The molecule has 36 nitrogen and oxygen atoms in total. The molecule has 4 rings (SSSR count). The number of nitrogens with zero attached hydrogens (tertiary/aromatic N) is 1. The van der Waals surface area contributed by atoms with Gasteiger partial charge in [0.1, 0.15) is 60.4 Å². The number of fused-ring (bicyclic) bond motifs is 1. The first kappa shape index (κ1) is 84.8. The summed E-state index contributed by atoms with van der Waals surface area (Å²) < 4.78 is 0. The van der Waals surface area contributed by atoms with Crippen LogP contribution >= 0.6 is 0 Å². The number of nitrogens with two attached hydrogens (primary N) is 1. The molecule has 1 saturated heterocycles. The molecule has 2 heterocycles. The average molecular weight is 1450 g/mol. The van der Waals surface area contributed by atoms with Crippen molar-refractivity contribution in [3.05, 3.63) is 71.9 Å². The van der Waals surface area contributed by atoms with Crippen LogP contribution in [0.25, 0.3) is 10.9 Å². The van der Waals surface area contributed by atoms with Gasteiger partial charge in [-0.2, -0.15) is 0 Å². The van der Waals surface area contributed by atoms with Crippen LogP contribution in [-0.2, 0) is 89.6 Å². The average Bonchev–Trinajstić information content (AvgIpc) is 1.73. The molecule has 20 N–H and O–H groups in total. The van der Waals surface area contributed by atoms with E-state index in [0.717, 1.165) is 4.90 Å². The normalized spacial score (nSPS) is 15.6. The first-order valence-corrected chi connectivity index (χ1v) is 33.6. The van der Waals surface area contributed by atoms with Gasteiger partial charge in [0.15, 0.2) is 0 Å². The summed E-state index contributed by atoms with van der Waals surface area (Å²) in [6, 6.07) is -1.29. The number of nitrogens with one attached hydrogen (secondary N) is 12. The quantitative estimate of drug-likeness (QED) is 0.0259. The zero-order valence-electron chi connectivity index (χ0n) is 58.1. The lowest BCUT2D eigenvalue weighted by Crippen LogP contribution is -2.61. The van der Waals surface area contributed by atoms with Gasteiger partial charge in [-0.25, -0.2) is 4.79 Å². The predicted molar refractivity (Wildman–Crippen MR) is 364 cm³/mol. The third kappa shape index (κ3) is 28.4. The smallest absolute Gasteiger partial charge is 0.328 e. The number of aliphatic hydroxyl groups is 2. The number of rotatable bonds is 44. The number of aromatic nitrogens is 1. The van der Waals surface area contributed by atoms with Gasteiger partial charge in [-0.15, -0.1) is 0 Å². The number of carboxylic acid groups (broad SMARTS) is 4. The number of benzene rings is 2. The minimum Gasteiger partial charge on any atom is -0.481 e. The molecule has 0 aliphatic carbocycles. The molecule has 3 aromatic rings. The Morgan fingerprint density at radius 1 is 0.495 bits per heavy atom. The van der Waals surface area contributed by atoms with Crippen molar-refractivity contribution in [1.82, 2.24) is 68.4 Å². The van der Waals surface area contributed by atoms with Crippen LogP contribution in [0.4, 0.5) is 0 Å². The van der Waals surface area contributed by atoms with E-state index in [9.17, 15) is 97.1 Å². The molecule has 0 radical (unpaired) electrons. The van der Waals surface area contributed by atoms with E-state index in [-0.39, 0.29) is 56.9 Å². The molecule has 11 atom stereocenters. The van der Waals surface area contributed by atoms with E-state index in [1.807, 2.05) is 5.32 Å². The molecule has 1 aliphatic rings. The Kier molecular flexibility index (Phi) is 34.5. The lowest BCUT2D eigenvalue weighted by Gasteiger charge is -2.29. The minimum atomic E-state index is -1.74. The van der Waals surface area contributed by atoms with Crippen molar-refractivity contribution >= 4 is 106 Å². The molecule has 0 saturated carbocycles. The molecule has 12 amide bonds. The Labute approximate surface area is 592 Å². The molecule has 566 valence electrons. The molecule has 1 aliphatic heterocycles. The third-order valence-corrected chi connectivity index (χ3v) is 16.5. The van der Waals surface area contributed by atoms with Gasteiger partial charge in [0, 0.05) is 55.7 Å². The SMILES string of the molecule is CC(C)C[C@H](NC(=O)[C@H](CC(C)C)NC(=O)[C@H](Cc1c[nH]c2ccccc12)NC(=O)[C@H](CCC(=O)O)NC(=O)[C@@H](NC(=O)[C@H](Cc1ccccc1)NC(=O)[C@@H](N)CCC(=O)O)C(C)C)C(=O)N[C@@H](CCC(=O)O)C(=O)NCC(=O)NCC(=O)N1CCC[C@H]1C(=O)N[C@@H](CO)C(=O)N[C@@H](CO)C(=O)O. The van der Waals surface area contributed by atoms with Crippen molar-refractivity contribution in [2.24, 2.45) is 23.5 Å². The Morgan fingerprint density at radius 2 is 0.961 bits per heavy atom. The van der Waals surface area contributed by atoms with E-state index in [0.29, 0.717) is 28.5 Å². The summed E-state index contributed by atoms with van der Waals surface area (Å²) in [7, 11) is 0. The van der Waals surface area contributed by atoms with Crippen LogP contribution < -0.4 is 64.2 Å². The number of aliphatic hydroxyl groups excluding tert-OH is 2. The molecule has 0 unspecified atom stereocenters. The molecule has 103 heavy (non-hydrogen) atoms. The maximum Gasteiger partial charge on any atom is 0.328 e. The first-order valence-electron chi connectivity index (χ1n) is 33.6. The van der Waals surface area contributed by atoms with E-state index in [4.69, 9.17) is 15.9 Å². The third-order valence-electron chi connectivity index (χ3n) is 16.5. The van der Waals surface area contributed by atoms with Crippen LogP contribution in [0.5, 0.6) is 0 Å². The highest BCUT2D eigenvalue weighted by atomic mass is 16.4. The second-order valence-electron chi connectivity index (χ2n) is 26.1. The highest BCUT2D eigenvalue weighted by Gasteiger charge is 2.39. The maximum atomic E-state index is 14.9. The summed E-state index contributed by atoms with van der Waals surface area (Å²) in [4.78, 5) is 217. The number of carboxylic acids is 4. The Balaban J connectivity index is 1.54. The molecule has 1 aromatic heterocycles. The fraction of sp³-hybridized carbons (Fsp3) is 0.552. The van der Waals surface area contributed by atoms with Crippen molar-refractivity contribution in [2.75, 3.05) is 32.8 Å². The predicted octanol–water partition coefficient (Wildman–Crippen LogP) is -3.72. The number of aromatic amines is 1. The molecule has 0 spiro atoms. The number of para-hydroxylation sites is 1. The summed E-state index contributed by atoms with van der Waals surface area (Å²) in [5, 5.41) is 84.2. The van der Waals surface area contributed by atoms with Crippen LogP contribution in [0.2, 0.25) is 0 Å². The summed E-state index contributed by atoms with van der Waals surface area (Å²) in [5.74, 6) is -18.5. The van der Waals surface area contributed by atoms with Crippen molar-refractivity contribution in [3.8, 4) is 0 Å². The highest BCUT2D eigenvalue weighted by molar-refractivity contribution is 6.00. The second-order valence-corrected chi connectivity index (χ2v) is 26.1. The lowest BCUT2D eigenvalue weighted by atomic mass is 9.98. The van der Waals surface area contributed by atoms with Crippen molar-refractivity contribution < 1.29 is 107 Å². The van der Waals surface area contributed by atoms with Gasteiger partial charge in [0.25, 0.3) is 0 Å². The van der Waals surface area contributed by atoms with Crippen LogP contribution in [0.15, 0.2) is 60.8 Å². The number of amides is 12. The van der Waals surface area contributed by atoms with Crippen LogP contribution in [0.1, 0.15) is 117 Å². The van der Waals surface area contributed by atoms with Crippen LogP contribution in [0.3, 0.4) is 0 Å². The van der Waals surface area contributed by atoms with Gasteiger partial charge in [0.2, 0.25) is 70.9 Å². The van der Waals surface area contributed by atoms with E-state index >= 15 is 0 Å². The van der Waals surface area contributed by atoms with Crippen LogP contribution in [0, 0.1) is 17.8 Å². The molecule has 2 aromatic carbocycles. The minimum absolute atomic E-state index is 0.0219. The lowest BCUT2D eigenvalue weighted by molar-refractivity contribution is -0.144. The second kappa shape index (κ2) is 42.0. The molecule has 0 bridgehead atoms. The van der Waals surface area contributed by atoms with E-state index in [1.54, 1.807) is 102 Å². The molecular weight excluding hydrogens is 1350 g/mol. The Morgan fingerprint density at radius 3 is 1.51 bits per heavy atom. The van der Waals surface area contributed by atoms with Crippen molar-refractivity contribution in [1.29, 1.82) is 0 Å². The van der Waals surface area contributed by atoms with Gasteiger partial charge in [-0.1, -0.05) is 90.1 Å². The fourth-order valence-corrected chi connectivity index (χ4v) is 11.0. The molecule has 36 heteroatoms. The summed E-state index contributed by atoms with van der Waals surface area (Å²) in [6.45, 7) is 6.46. The van der Waals surface area contributed by atoms with Crippen molar-refractivity contribution in [3.63, 3.8) is 0 Å². The number of carbonyl (C=O) groups excluding carboxylic acids is 12. The zero-order chi connectivity index (χ0) is 76.8. The highest BCUT2D eigenvalue weighted by Crippen LogP contribution is 2.21. The maximum absolute atomic E-state index is 14.9. The van der Waals surface area contributed by atoms with E-state index < -0.39 is 226 Å². The number of H-pyrrole nitrogens is 1. The summed E-state index contributed by atoms with van der Waals surface area (Å²) in [5.41, 5.74) is 7.68. The Hall–Kier alpha value is -10.6. The van der Waals surface area contributed by atoms with Gasteiger partial charge >= 0.3 is 23.9 Å². The number of aliphatic carboxylic acids is 4. The van der Waals surface area contributed by atoms with Gasteiger partial charge in [-0.05, 0) is 79.9 Å². The summed E-state index contributed by atoms with van der Waals surface area (Å²) in [6.07, 6.45) is -1.78. The Bertz CT molecular complexity index is 3490. The standard InChI is InChI=1S/C67H96N14O22/c1-34(2)25-44(60(95)72-42(19-22-54(88)89)58(93)71-30-51(84)70-31-52(85)81-24-12-17-50(81)65(100)78-48(32-82)64(99)79-49(33-83)67(102)103)75-61(96)45(26-35(3)4)76-62(97)47(28-38-29-69-41-16-11-10-15-39(38)41)77-59(94)43(20-23-55(90)91)73-66(101)56(36(5)6)80-63(98)46(27-37-13-8-7-9-14-37)74-57(92)40(68)18-21-53(86)87/h7-11,13-16,29,34-36,40,42-50,56,69,82-83H,12,17-28,30-33,68H2,1-6H3,(H,70,84)(H,71,93)(H,72,95)(H,73,101)(H,74,92)(H,75,96)(H,76,97)(H,77,94)(H,78,100)(H,79,99)(H,80,98)(H,86,87)(H,88,89)(H,90,91)(H,102,103)/t40-,42-,43-,44-,45-,46-,47-,48-,49-,50-,56-/m0/s1. The van der Waals surface area contributed by atoms with Gasteiger partial charge < -0.3 is 105 Å². The first-order chi connectivity index (χ1) is 48.6. The number of hydrogen-bond acceptors (Lipinski definition) is 19.